The van der Waals surface area contributed by atoms with Crippen LogP contribution in [0.3, 0.4) is 0 Å². The summed E-state index contributed by atoms with van der Waals surface area (Å²) in [6.07, 6.45) is 6.28. The Hall–Kier alpha value is -0.380. The normalized spacial score (nSPS) is 12.6. The minimum atomic E-state index is 0.138. The molecule has 1 unspecified atom stereocenters. The average Bonchev–Trinajstić information content (AvgIpc) is 2.46. The Bertz CT molecular complexity index is 357. The van der Waals surface area contributed by atoms with Gasteiger partial charge in [0, 0.05) is 17.6 Å². The molecule has 0 saturated carbocycles. The summed E-state index contributed by atoms with van der Waals surface area (Å²) >= 11 is 3.63. The van der Waals surface area contributed by atoms with Crippen molar-refractivity contribution in [3.05, 3.63) is 34.3 Å². The summed E-state index contributed by atoms with van der Waals surface area (Å²) in [6.45, 7) is 7.19. The summed E-state index contributed by atoms with van der Waals surface area (Å²) < 4.78 is 7.25. The molecule has 0 radical (unpaired) electrons. The van der Waals surface area contributed by atoms with Crippen LogP contribution in [0.5, 0.6) is 0 Å². The third kappa shape index (κ3) is 6.87. The second kappa shape index (κ2) is 11.3. The van der Waals surface area contributed by atoms with Gasteiger partial charge in [0.05, 0.1) is 6.10 Å². The molecule has 0 saturated heterocycles. The van der Waals surface area contributed by atoms with E-state index in [4.69, 9.17) is 4.74 Å². The fourth-order valence-corrected chi connectivity index (χ4v) is 2.70. The average molecular weight is 342 g/mol. The van der Waals surface area contributed by atoms with Crippen LogP contribution in [0.25, 0.3) is 0 Å². The van der Waals surface area contributed by atoms with E-state index in [9.17, 15) is 0 Å². The van der Waals surface area contributed by atoms with Gasteiger partial charge in [-0.2, -0.15) is 0 Å². The SMILES string of the molecule is CCCCCCOC(CNCCC)c1ccccc1Br. The first kappa shape index (κ1) is 17.7. The van der Waals surface area contributed by atoms with E-state index >= 15 is 0 Å². The van der Waals surface area contributed by atoms with E-state index < -0.39 is 0 Å². The van der Waals surface area contributed by atoms with E-state index in [-0.39, 0.29) is 6.10 Å². The van der Waals surface area contributed by atoms with Crippen molar-refractivity contribution in [2.45, 2.75) is 52.1 Å². The molecule has 3 heteroatoms. The second-order valence-corrected chi connectivity index (χ2v) is 6.00. The number of rotatable bonds is 11. The van der Waals surface area contributed by atoms with Gasteiger partial charge in [-0.3, -0.25) is 0 Å². The van der Waals surface area contributed by atoms with Gasteiger partial charge in [0.2, 0.25) is 0 Å². The Labute approximate surface area is 132 Å². The van der Waals surface area contributed by atoms with Gasteiger partial charge in [-0.05, 0) is 31.0 Å². The fourth-order valence-electron chi connectivity index (χ4n) is 2.16. The van der Waals surface area contributed by atoms with Gasteiger partial charge in [-0.1, -0.05) is 67.2 Å². The molecule has 0 spiro atoms. The summed E-state index contributed by atoms with van der Waals surface area (Å²) in [5.41, 5.74) is 1.24. The Balaban J connectivity index is 2.49. The van der Waals surface area contributed by atoms with Crippen LogP contribution in [0.15, 0.2) is 28.7 Å². The van der Waals surface area contributed by atoms with Crippen molar-refractivity contribution in [1.82, 2.24) is 5.32 Å². The van der Waals surface area contributed by atoms with E-state index in [0.717, 1.165) is 37.0 Å². The molecule has 1 N–H and O–H groups in total. The second-order valence-electron chi connectivity index (χ2n) is 5.15. The molecule has 0 aliphatic heterocycles. The minimum absolute atomic E-state index is 0.138. The number of nitrogens with one attached hydrogen (secondary N) is 1. The molecule has 0 fully saturated rings. The lowest BCUT2D eigenvalue weighted by molar-refractivity contribution is 0.0495. The Morgan fingerprint density at radius 3 is 2.60 bits per heavy atom. The van der Waals surface area contributed by atoms with Crippen LogP contribution in [0.2, 0.25) is 0 Å². The smallest absolute Gasteiger partial charge is 0.0960 e. The number of hydrogen-bond acceptors (Lipinski definition) is 2. The molecule has 1 rings (SSSR count). The lowest BCUT2D eigenvalue weighted by atomic mass is 10.1. The molecule has 0 aliphatic carbocycles. The summed E-state index contributed by atoms with van der Waals surface area (Å²) in [6, 6.07) is 8.36. The van der Waals surface area contributed by atoms with Gasteiger partial charge in [0.25, 0.3) is 0 Å². The van der Waals surface area contributed by atoms with Gasteiger partial charge >= 0.3 is 0 Å². The van der Waals surface area contributed by atoms with E-state index in [0.29, 0.717) is 0 Å². The zero-order chi connectivity index (χ0) is 14.6. The van der Waals surface area contributed by atoms with Gasteiger partial charge in [-0.25, -0.2) is 0 Å². The van der Waals surface area contributed by atoms with Gasteiger partial charge in [-0.15, -0.1) is 0 Å². The van der Waals surface area contributed by atoms with Crippen molar-refractivity contribution in [2.24, 2.45) is 0 Å². The summed E-state index contributed by atoms with van der Waals surface area (Å²) in [7, 11) is 0. The lowest BCUT2D eigenvalue weighted by Crippen LogP contribution is -2.24. The third-order valence-electron chi connectivity index (χ3n) is 3.33. The van der Waals surface area contributed by atoms with Crippen LogP contribution in [0.4, 0.5) is 0 Å². The number of halogens is 1. The molecule has 0 aliphatic rings. The lowest BCUT2D eigenvalue weighted by Gasteiger charge is -2.20. The third-order valence-corrected chi connectivity index (χ3v) is 4.05. The summed E-state index contributed by atoms with van der Waals surface area (Å²) in [5.74, 6) is 0. The molecule has 2 nitrogen and oxygen atoms in total. The van der Waals surface area contributed by atoms with Crippen molar-refractivity contribution < 1.29 is 4.74 Å². The van der Waals surface area contributed by atoms with E-state index in [1.165, 1.54) is 24.8 Å². The molecule has 20 heavy (non-hydrogen) atoms. The van der Waals surface area contributed by atoms with Gasteiger partial charge in [0.15, 0.2) is 0 Å². The number of hydrogen-bond donors (Lipinski definition) is 1. The topological polar surface area (TPSA) is 21.3 Å². The van der Waals surface area contributed by atoms with Crippen LogP contribution in [0, 0.1) is 0 Å². The zero-order valence-electron chi connectivity index (χ0n) is 12.8. The largest absolute Gasteiger partial charge is 0.372 e. The van der Waals surface area contributed by atoms with E-state index in [1.54, 1.807) is 0 Å². The first-order valence-electron chi connectivity index (χ1n) is 7.86. The van der Waals surface area contributed by atoms with Crippen molar-refractivity contribution in [3.8, 4) is 0 Å². The molecule has 0 heterocycles. The Morgan fingerprint density at radius 1 is 1.10 bits per heavy atom. The molecule has 1 atom stereocenters. The van der Waals surface area contributed by atoms with Crippen molar-refractivity contribution in [1.29, 1.82) is 0 Å². The number of unbranched alkanes of at least 4 members (excludes halogenated alkanes) is 3. The van der Waals surface area contributed by atoms with E-state index in [2.05, 4.69) is 53.3 Å². The van der Waals surface area contributed by atoms with Crippen molar-refractivity contribution in [3.63, 3.8) is 0 Å². The van der Waals surface area contributed by atoms with Gasteiger partial charge in [0.1, 0.15) is 0 Å². The molecular weight excluding hydrogens is 314 g/mol. The quantitative estimate of drug-likeness (QED) is 0.566. The summed E-state index contributed by atoms with van der Waals surface area (Å²) in [5, 5.41) is 3.47. The maximum atomic E-state index is 6.11. The monoisotopic (exact) mass is 341 g/mol. The van der Waals surface area contributed by atoms with Crippen LogP contribution in [-0.2, 0) is 4.74 Å². The first-order chi connectivity index (χ1) is 9.79. The van der Waals surface area contributed by atoms with Crippen molar-refractivity contribution >= 4 is 15.9 Å². The molecule has 1 aromatic rings. The highest BCUT2D eigenvalue weighted by Gasteiger charge is 2.14. The molecule has 1 aromatic carbocycles. The predicted octanol–water partition coefficient (Wildman–Crippen LogP) is 5.09. The Kier molecular flexibility index (Phi) is 9.98. The molecule has 0 aromatic heterocycles. The van der Waals surface area contributed by atoms with Crippen LogP contribution < -0.4 is 5.32 Å². The fraction of sp³-hybridized carbons (Fsp3) is 0.647. The summed E-state index contributed by atoms with van der Waals surface area (Å²) in [4.78, 5) is 0. The van der Waals surface area contributed by atoms with E-state index in [1.807, 2.05) is 6.07 Å². The highest BCUT2D eigenvalue weighted by molar-refractivity contribution is 9.10. The maximum Gasteiger partial charge on any atom is 0.0960 e. The first-order valence-corrected chi connectivity index (χ1v) is 8.65. The highest BCUT2D eigenvalue weighted by Crippen LogP contribution is 2.25. The molecule has 114 valence electrons. The van der Waals surface area contributed by atoms with Crippen LogP contribution >= 0.6 is 15.9 Å². The highest BCUT2D eigenvalue weighted by atomic mass is 79.9. The Morgan fingerprint density at radius 2 is 1.90 bits per heavy atom. The predicted molar refractivity (Wildman–Crippen MR) is 90.1 cm³/mol. The van der Waals surface area contributed by atoms with Crippen molar-refractivity contribution in [2.75, 3.05) is 19.7 Å². The minimum Gasteiger partial charge on any atom is -0.372 e. The standard InChI is InChI=1S/C17H28BrNO/c1-3-5-6-9-13-20-17(14-19-12-4-2)15-10-7-8-11-16(15)18/h7-8,10-11,17,19H,3-6,9,12-14H2,1-2H3. The maximum absolute atomic E-state index is 6.11. The van der Waals surface area contributed by atoms with Crippen LogP contribution in [-0.4, -0.2) is 19.7 Å². The van der Waals surface area contributed by atoms with Gasteiger partial charge < -0.3 is 10.1 Å². The molecule has 0 amide bonds. The number of benzene rings is 1. The molecular formula is C17H28BrNO. The van der Waals surface area contributed by atoms with Crippen LogP contribution in [0.1, 0.15) is 57.6 Å². The zero-order valence-corrected chi connectivity index (χ0v) is 14.4. The number of ether oxygens (including phenoxy) is 1. The molecule has 0 bridgehead atoms.